The molecule has 0 radical (unpaired) electrons. The average molecular weight is 676 g/mol. The molecule has 3 aromatic heterocycles. The lowest BCUT2D eigenvalue weighted by Crippen LogP contribution is -2.16. The van der Waals surface area contributed by atoms with Crippen molar-refractivity contribution in [2.75, 3.05) is 4.90 Å². The minimum Gasteiger partial charge on any atom is -0.309 e. The maximum atomic E-state index is 5.50. The van der Waals surface area contributed by atoms with Crippen LogP contribution in [0, 0.1) is 0 Å². The molecule has 0 unspecified atom stereocenters. The average Bonchev–Trinajstić information content (AvgIpc) is 3.72. The summed E-state index contributed by atoms with van der Waals surface area (Å²) in [5.41, 5.74) is 11.8. The van der Waals surface area contributed by atoms with Crippen molar-refractivity contribution in [1.82, 2.24) is 19.1 Å². The number of rotatable bonds is 3. The quantitative estimate of drug-likeness (QED) is 0.187. The molecule has 12 rings (SSSR count). The van der Waals surface area contributed by atoms with E-state index >= 15 is 0 Å². The molecular formula is C48H29N5. The van der Waals surface area contributed by atoms with Gasteiger partial charge in [-0.1, -0.05) is 109 Å². The van der Waals surface area contributed by atoms with E-state index in [4.69, 9.17) is 9.97 Å². The number of anilines is 3. The van der Waals surface area contributed by atoms with Crippen molar-refractivity contribution in [2.24, 2.45) is 0 Å². The smallest absolute Gasteiger partial charge is 0.235 e. The highest BCUT2D eigenvalue weighted by Crippen LogP contribution is 2.50. The van der Waals surface area contributed by atoms with Crippen molar-refractivity contribution in [3.8, 4) is 22.9 Å². The Morgan fingerprint density at radius 2 is 1.04 bits per heavy atom. The standard InChI is InChI=1S/C48H29N5/c1-2-15-32(16-3-1)51-42-23-11-8-19-36(42)47-46-39(20-12-24-43(46)51)49-48(50-47)53-41-22-10-7-18-35(41)38-28-37-34-17-6-9-21-40(34)52(44(37)29-45(38)53)33-26-25-30-13-4-5-14-31(30)27-33/h1-29H. The Morgan fingerprint density at radius 1 is 0.377 bits per heavy atom. The lowest BCUT2D eigenvalue weighted by Gasteiger charge is -2.32. The van der Waals surface area contributed by atoms with Gasteiger partial charge in [-0.3, -0.25) is 4.57 Å². The molecule has 0 saturated carbocycles. The van der Waals surface area contributed by atoms with Crippen LogP contribution < -0.4 is 4.90 Å². The van der Waals surface area contributed by atoms with Crippen molar-refractivity contribution >= 4 is 82.3 Å². The third kappa shape index (κ3) is 3.96. The first-order valence-corrected chi connectivity index (χ1v) is 18.0. The zero-order valence-corrected chi connectivity index (χ0v) is 28.5. The molecule has 5 nitrogen and oxygen atoms in total. The molecule has 1 aliphatic heterocycles. The van der Waals surface area contributed by atoms with Crippen LogP contribution in [-0.4, -0.2) is 19.1 Å². The summed E-state index contributed by atoms with van der Waals surface area (Å²) in [6, 6.07) is 63.0. The molecule has 246 valence electrons. The fourth-order valence-electron chi connectivity index (χ4n) is 8.73. The van der Waals surface area contributed by atoms with Gasteiger partial charge in [0.2, 0.25) is 5.95 Å². The van der Waals surface area contributed by atoms with Gasteiger partial charge in [0, 0.05) is 38.5 Å². The molecule has 1 aliphatic rings. The summed E-state index contributed by atoms with van der Waals surface area (Å²) in [5.74, 6) is 0.659. The van der Waals surface area contributed by atoms with Crippen LogP contribution in [0.4, 0.5) is 17.1 Å². The van der Waals surface area contributed by atoms with Gasteiger partial charge in [-0.25, -0.2) is 9.97 Å². The van der Waals surface area contributed by atoms with E-state index in [2.05, 4.69) is 190 Å². The van der Waals surface area contributed by atoms with Crippen LogP contribution in [-0.2, 0) is 0 Å². The fourth-order valence-corrected chi connectivity index (χ4v) is 8.73. The van der Waals surface area contributed by atoms with Crippen molar-refractivity contribution in [3.63, 3.8) is 0 Å². The molecule has 4 heterocycles. The highest BCUT2D eigenvalue weighted by Gasteiger charge is 2.29. The Morgan fingerprint density at radius 3 is 1.87 bits per heavy atom. The van der Waals surface area contributed by atoms with Crippen LogP contribution in [0.1, 0.15) is 0 Å². The summed E-state index contributed by atoms with van der Waals surface area (Å²) < 4.78 is 4.67. The van der Waals surface area contributed by atoms with E-state index in [0.717, 1.165) is 61.5 Å². The molecule has 53 heavy (non-hydrogen) atoms. The monoisotopic (exact) mass is 675 g/mol. The van der Waals surface area contributed by atoms with Gasteiger partial charge in [0.15, 0.2) is 0 Å². The molecule has 5 heteroatoms. The van der Waals surface area contributed by atoms with E-state index in [1.807, 2.05) is 0 Å². The second-order valence-electron chi connectivity index (χ2n) is 13.9. The lowest BCUT2D eigenvalue weighted by molar-refractivity contribution is 1.01. The SMILES string of the molecule is c1ccc(N2c3ccccc3-c3nc(-n4c5ccccc5c5cc6c7ccccc7n(-c7ccc8ccccc8c7)c6cc54)nc4cccc2c34)cc1. The second kappa shape index (κ2) is 10.6. The number of benzene rings is 8. The van der Waals surface area contributed by atoms with Gasteiger partial charge in [0.05, 0.1) is 50.0 Å². The minimum atomic E-state index is 0.659. The van der Waals surface area contributed by atoms with E-state index < -0.39 is 0 Å². The first-order valence-electron chi connectivity index (χ1n) is 18.0. The predicted molar refractivity (Wildman–Crippen MR) is 219 cm³/mol. The van der Waals surface area contributed by atoms with E-state index in [9.17, 15) is 0 Å². The summed E-state index contributed by atoms with van der Waals surface area (Å²) in [6.07, 6.45) is 0. The Bertz CT molecular complexity index is 3300. The van der Waals surface area contributed by atoms with Crippen LogP contribution in [0.3, 0.4) is 0 Å². The first kappa shape index (κ1) is 28.5. The summed E-state index contributed by atoms with van der Waals surface area (Å²) in [4.78, 5) is 13.2. The molecule has 0 aliphatic carbocycles. The summed E-state index contributed by atoms with van der Waals surface area (Å²) >= 11 is 0. The molecule has 0 N–H and O–H groups in total. The molecule has 0 fully saturated rings. The second-order valence-corrected chi connectivity index (χ2v) is 13.9. The zero-order valence-electron chi connectivity index (χ0n) is 28.5. The molecular weight excluding hydrogens is 647 g/mol. The Balaban J connectivity index is 1.17. The normalized spacial score (nSPS) is 12.5. The van der Waals surface area contributed by atoms with Crippen LogP contribution in [0.5, 0.6) is 0 Å². The molecule has 8 aromatic carbocycles. The van der Waals surface area contributed by atoms with Crippen LogP contribution in [0.25, 0.3) is 88.2 Å². The largest absolute Gasteiger partial charge is 0.309 e. The van der Waals surface area contributed by atoms with Gasteiger partial charge in [-0.15, -0.1) is 0 Å². The number of aromatic nitrogens is 4. The zero-order chi connectivity index (χ0) is 34.6. The maximum absolute atomic E-state index is 5.50. The summed E-state index contributed by atoms with van der Waals surface area (Å²) in [7, 11) is 0. The number of para-hydroxylation sites is 4. The summed E-state index contributed by atoms with van der Waals surface area (Å²) in [5, 5.41) is 8.30. The van der Waals surface area contributed by atoms with Gasteiger partial charge < -0.3 is 9.47 Å². The van der Waals surface area contributed by atoms with Crippen molar-refractivity contribution < 1.29 is 0 Å². The van der Waals surface area contributed by atoms with Crippen molar-refractivity contribution in [2.45, 2.75) is 0 Å². The van der Waals surface area contributed by atoms with Gasteiger partial charge in [0.25, 0.3) is 0 Å². The molecule has 0 saturated heterocycles. The van der Waals surface area contributed by atoms with Gasteiger partial charge >= 0.3 is 0 Å². The molecule has 0 bridgehead atoms. The molecule has 0 spiro atoms. The van der Waals surface area contributed by atoms with E-state index in [1.165, 1.54) is 37.8 Å². The van der Waals surface area contributed by atoms with Crippen molar-refractivity contribution in [1.29, 1.82) is 0 Å². The number of hydrogen-bond acceptors (Lipinski definition) is 3. The minimum absolute atomic E-state index is 0.659. The first-order chi connectivity index (χ1) is 26.3. The van der Waals surface area contributed by atoms with Gasteiger partial charge in [0.1, 0.15) is 0 Å². The highest BCUT2D eigenvalue weighted by molar-refractivity contribution is 6.19. The number of fused-ring (bicyclic) bond motifs is 9. The fraction of sp³-hybridized carbons (Fsp3) is 0. The number of hydrogen-bond donors (Lipinski definition) is 0. The van der Waals surface area contributed by atoms with Gasteiger partial charge in [-0.05, 0) is 77.5 Å². The summed E-state index contributed by atoms with van der Waals surface area (Å²) in [6.45, 7) is 0. The topological polar surface area (TPSA) is 38.9 Å². The molecule has 0 amide bonds. The third-order valence-electron chi connectivity index (χ3n) is 11.0. The Hall–Kier alpha value is -7.24. The Kier molecular flexibility index (Phi) is 5.71. The lowest BCUT2D eigenvalue weighted by atomic mass is 9.96. The van der Waals surface area contributed by atoms with Crippen molar-refractivity contribution in [3.05, 3.63) is 176 Å². The van der Waals surface area contributed by atoms with E-state index in [-0.39, 0.29) is 0 Å². The predicted octanol–water partition coefficient (Wildman–Crippen LogP) is 12.4. The molecule has 11 aromatic rings. The van der Waals surface area contributed by atoms with E-state index in [0.29, 0.717) is 5.95 Å². The molecule has 0 atom stereocenters. The van der Waals surface area contributed by atoms with Crippen LogP contribution in [0.15, 0.2) is 176 Å². The Labute approximate surface area is 304 Å². The highest BCUT2D eigenvalue weighted by atomic mass is 15.2. The van der Waals surface area contributed by atoms with E-state index in [1.54, 1.807) is 0 Å². The third-order valence-corrected chi connectivity index (χ3v) is 11.0. The maximum Gasteiger partial charge on any atom is 0.235 e. The number of nitrogens with zero attached hydrogens (tertiary/aromatic N) is 5. The van der Waals surface area contributed by atoms with Gasteiger partial charge in [-0.2, -0.15) is 0 Å². The van der Waals surface area contributed by atoms with Crippen LogP contribution in [0.2, 0.25) is 0 Å². The van der Waals surface area contributed by atoms with Crippen LogP contribution >= 0.6 is 0 Å².